The van der Waals surface area contributed by atoms with Gasteiger partial charge < -0.3 is 14.4 Å². The van der Waals surface area contributed by atoms with Crippen LogP contribution in [0.25, 0.3) is 11.3 Å². The Hall–Kier alpha value is -2.96. The molecule has 0 bridgehead atoms. The molecule has 0 fully saturated rings. The molecule has 2 aromatic heterocycles. The number of hydrogen-bond donors (Lipinski definition) is 1. The molecule has 7 nitrogen and oxygen atoms in total. The van der Waals surface area contributed by atoms with Crippen LogP contribution >= 0.6 is 0 Å². The fourth-order valence-electron chi connectivity index (χ4n) is 3.54. The fraction of sp³-hybridized carbons (Fsp3) is 0.400. The summed E-state index contributed by atoms with van der Waals surface area (Å²) in [5.74, 6) is 2.35. The minimum Gasteiger partial charge on any atom is -0.360 e. The van der Waals surface area contributed by atoms with Gasteiger partial charge in [-0.3, -0.25) is 4.79 Å². The molecule has 0 radical (unpaired) electrons. The molecule has 1 N–H and O–H groups in total. The van der Waals surface area contributed by atoms with Crippen molar-refractivity contribution in [2.45, 2.75) is 45.6 Å². The number of nitrogens with zero attached hydrogens (tertiary/aromatic N) is 4. The molecule has 0 spiro atoms. The van der Waals surface area contributed by atoms with Crippen LogP contribution in [-0.2, 0) is 19.4 Å². The highest BCUT2D eigenvalue weighted by Crippen LogP contribution is 2.24. The van der Waals surface area contributed by atoms with E-state index in [9.17, 15) is 4.79 Å². The first-order chi connectivity index (χ1) is 13.2. The zero-order valence-electron chi connectivity index (χ0n) is 15.4. The molecule has 3 aromatic rings. The maximum atomic E-state index is 12.7. The van der Waals surface area contributed by atoms with Crippen molar-refractivity contribution in [3.05, 3.63) is 53.3 Å². The average molecular weight is 365 g/mol. The standard InChI is InChI=1S/C20H23N5O2/c1-14-18(19(24-27-14)15-8-4-2-5-9-15)20(26)21-12-11-17-23-22-16-10-6-3-7-13-25(16)17/h2,4-5,8-9H,3,6-7,10-13H2,1H3,(H,21,26). The molecule has 1 aromatic carbocycles. The molecule has 0 unspecified atom stereocenters. The lowest BCUT2D eigenvalue weighted by atomic mass is 10.1. The highest BCUT2D eigenvalue weighted by molar-refractivity contribution is 6.00. The Morgan fingerprint density at radius 2 is 2.04 bits per heavy atom. The lowest BCUT2D eigenvalue weighted by Crippen LogP contribution is -2.27. The number of fused-ring (bicyclic) bond motifs is 1. The van der Waals surface area contributed by atoms with Crippen molar-refractivity contribution in [1.29, 1.82) is 0 Å². The number of amides is 1. The monoisotopic (exact) mass is 365 g/mol. The van der Waals surface area contributed by atoms with E-state index in [0.717, 1.165) is 36.6 Å². The number of carbonyl (C=O) groups excluding carboxylic acids is 1. The van der Waals surface area contributed by atoms with Gasteiger partial charge >= 0.3 is 0 Å². The van der Waals surface area contributed by atoms with E-state index in [1.54, 1.807) is 6.92 Å². The van der Waals surface area contributed by atoms with E-state index in [0.29, 0.717) is 30.0 Å². The number of hydrogen-bond acceptors (Lipinski definition) is 5. The normalized spacial score (nSPS) is 13.8. The lowest BCUT2D eigenvalue weighted by molar-refractivity contribution is 0.0953. The summed E-state index contributed by atoms with van der Waals surface area (Å²) in [6.07, 6.45) is 5.20. The first-order valence-electron chi connectivity index (χ1n) is 9.45. The molecule has 1 aliphatic heterocycles. The summed E-state index contributed by atoms with van der Waals surface area (Å²) in [5, 5.41) is 15.7. The van der Waals surface area contributed by atoms with E-state index in [1.165, 1.54) is 12.8 Å². The highest BCUT2D eigenvalue weighted by Gasteiger charge is 2.21. The molecule has 1 aliphatic rings. The van der Waals surface area contributed by atoms with Crippen LogP contribution in [0.15, 0.2) is 34.9 Å². The van der Waals surface area contributed by atoms with Gasteiger partial charge in [0.2, 0.25) is 0 Å². The topological polar surface area (TPSA) is 85.8 Å². The summed E-state index contributed by atoms with van der Waals surface area (Å²) >= 11 is 0. The molecule has 3 heterocycles. The predicted molar refractivity (Wildman–Crippen MR) is 100 cm³/mol. The van der Waals surface area contributed by atoms with Gasteiger partial charge in [0.1, 0.15) is 28.7 Å². The molecule has 0 aliphatic carbocycles. The molecule has 4 rings (SSSR count). The number of aryl methyl sites for hydroxylation is 2. The number of nitrogens with one attached hydrogen (secondary N) is 1. The molecular weight excluding hydrogens is 342 g/mol. The van der Waals surface area contributed by atoms with Crippen LogP contribution in [0.4, 0.5) is 0 Å². The third-order valence-corrected chi connectivity index (χ3v) is 4.96. The van der Waals surface area contributed by atoms with E-state index in [4.69, 9.17) is 4.52 Å². The van der Waals surface area contributed by atoms with Crippen molar-refractivity contribution < 1.29 is 9.32 Å². The van der Waals surface area contributed by atoms with Crippen LogP contribution in [0.5, 0.6) is 0 Å². The van der Waals surface area contributed by atoms with Gasteiger partial charge in [-0.2, -0.15) is 0 Å². The Balaban J connectivity index is 1.44. The van der Waals surface area contributed by atoms with Crippen LogP contribution in [0.2, 0.25) is 0 Å². The van der Waals surface area contributed by atoms with Crippen LogP contribution in [0, 0.1) is 6.92 Å². The molecular formula is C20H23N5O2. The van der Waals surface area contributed by atoms with Gasteiger partial charge in [0.05, 0.1) is 0 Å². The fourth-order valence-corrected chi connectivity index (χ4v) is 3.54. The van der Waals surface area contributed by atoms with E-state index in [2.05, 4.69) is 25.2 Å². The van der Waals surface area contributed by atoms with Crippen LogP contribution in [0.1, 0.15) is 47.0 Å². The van der Waals surface area contributed by atoms with E-state index >= 15 is 0 Å². The largest absolute Gasteiger partial charge is 0.360 e. The molecule has 27 heavy (non-hydrogen) atoms. The van der Waals surface area contributed by atoms with Gasteiger partial charge in [-0.15, -0.1) is 10.2 Å². The molecule has 7 heteroatoms. The third-order valence-electron chi connectivity index (χ3n) is 4.96. The van der Waals surface area contributed by atoms with Crippen LogP contribution in [0.3, 0.4) is 0 Å². The maximum Gasteiger partial charge on any atom is 0.257 e. The molecule has 0 atom stereocenters. The van der Waals surface area contributed by atoms with E-state index < -0.39 is 0 Å². The summed E-state index contributed by atoms with van der Waals surface area (Å²) in [4.78, 5) is 12.7. The minimum atomic E-state index is -0.178. The Morgan fingerprint density at radius 3 is 2.89 bits per heavy atom. The maximum absolute atomic E-state index is 12.7. The van der Waals surface area contributed by atoms with Gasteiger partial charge in [0.15, 0.2) is 0 Å². The summed E-state index contributed by atoms with van der Waals surface area (Å²) in [7, 11) is 0. The SMILES string of the molecule is Cc1onc(-c2ccccc2)c1C(=O)NCCc1nnc2n1CCCCC2. The smallest absolute Gasteiger partial charge is 0.257 e. The van der Waals surface area contributed by atoms with Crippen molar-refractivity contribution in [1.82, 2.24) is 25.2 Å². The summed E-state index contributed by atoms with van der Waals surface area (Å²) in [6, 6.07) is 9.59. The molecule has 0 saturated carbocycles. The van der Waals surface area contributed by atoms with Crippen molar-refractivity contribution in [3.63, 3.8) is 0 Å². The Bertz CT molecular complexity index is 929. The van der Waals surface area contributed by atoms with Crippen molar-refractivity contribution in [2.75, 3.05) is 6.54 Å². The van der Waals surface area contributed by atoms with Gasteiger partial charge in [0.25, 0.3) is 5.91 Å². The quantitative estimate of drug-likeness (QED) is 0.751. The number of rotatable bonds is 5. The molecule has 1 amide bonds. The summed E-state index contributed by atoms with van der Waals surface area (Å²) in [5.41, 5.74) is 1.92. The van der Waals surface area contributed by atoms with Crippen LogP contribution < -0.4 is 5.32 Å². The Kier molecular flexibility index (Phi) is 5.00. The number of carbonyl (C=O) groups is 1. The molecule has 140 valence electrons. The van der Waals surface area contributed by atoms with Gasteiger partial charge in [-0.05, 0) is 19.8 Å². The van der Waals surface area contributed by atoms with Gasteiger partial charge in [-0.25, -0.2) is 0 Å². The second kappa shape index (κ2) is 7.73. The van der Waals surface area contributed by atoms with Crippen molar-refractivity contribution >= 4 is 5.91 Å². The second-order valence-corrected chi connectivity index (χ2v) is 6.83. The van der Waals surface area contributed by atoms with E-state index in [-0.39, 0.29) is 5.91 Å². The highest BCUT2D eigenvalue weighted by atomic mass is 16.5. The first-order valence-corrected chi connectivity index (χ1v) is 9.45. The Labute approximate surface area is 157 Å². The number of aromatic nitrogens is 4. The number of benzene rings is 1. The van der Waals surface area contributed by atoms with Crippen molar-refractivity contribution in [3.8, 4) is 11.3 Å². The minimum absolute atomic E-state index is 0.178. The van der Waals surface area contributed by atoms with Crippen LogP contribution in [-0.4, -0.2) is 32.4 Å². The summed E-state index contributed by atoms with van der Waals surface area (Å²) < 4.78 is 7.48. The second-order valence-electron chi connectivity index (χ2n) is 6.83. The summed E-state index contributed by atoms with van der Waals surface area (Å²) in [6.45, 7) is 3.22. The zero-order chi connectivity index (χ0) is 18.6. The average Bonchev–Trinajstić information content (AvgIpc) is 3.17. The molecule has 0 saturated heterocycles. The first kappa shape index (κ1) is 17.5. The van der Waals surface area contributed by atoms with Gasteiger partial charge in [-0.1, -0.05) is 41.9 Å². The zero-order valence-corrected chi connectivity index (χ0v) is 15.4. The lowest BCUT2D eigenvalue weighted by Gasteiger charge is -2.08. The van der Waals surface area contributed by atoms with Crippen molar-refractivity contribution in [2.24, 2.45) is 0 Å². The van der Waals surface area contributed by atoms with Gasteiger partial charge in [0, 0.05) is 31.5 Å². The van der Waals surface area contributed by atoms with E-state index in [1.807, 2.05) is 30.3 Å². The predicted octanol–water partition coefficient (Wildman–Crippen LogP) is 2.94. The third kappa shape index (κ3) is 3.63. The Morgan fingerprint density at radius 1 is 1.19 bits per heavy atom.